The van der Waals surface area contributed by atoms with Gasteiger partial charge in [-0.3, -0.25) is 19.7 Å². The van der Waals surface area contributed by atoms with Crippen molar-refractivity contribution in [1.29, 1.82) is 0 Å². The van der Waals surface area contributed by atoms with Gasteiger partial charge < -0.3 is 4.90 Å². The van der Waals surface area contributed by atoms with Crippen LogP contribution in [0.3, 0.4) is 0 Å². The minimum atomic E-state index is -0.694. The molecule has 0 saturated carbocycles. The van der Waals surface area contributed by atoms with E-state index in [9.17, 15) is 18.8 Å². The number of nitrogens with one attached hydrogen (secondary N) is 1. The van der Waals surface area contributed by atoms with Gasteiger partial charge in [0, 0.05) is 18.5 Å². The van der Waals surface area contributed by atoms with Crippen molar-refractivity contribution in [2.45, 2.75) is 39.7 Å². The molecule has 2 aliphatic rings. The lowest BCUT2D eigenvalue weighted by Crippen LogP contribution is -2.53. The molecule has 2 heterocycles. The monoisotopic (exact) mass is 308 g/mol. The minimum absolute atomic E-state index is 0.191. The Morgan fingerprint density at radius 1 is 1.36 bits per heavy atom. The molecule has 1 fully saturated rings. The van der Waals surface area contributed by atoms with Crippen LogP contribution in [0.25, 0.3) is 0 Å². The van der Waals surface area contributed by atoms with Crippen molar-refractivity contribution in [2.75, 3.05) is 6.54 Å². The molecular weight excluding hydrogens is 287 g/mol. The molecule has 0 aromatic carbocycles. The summed E-state index contributed by atoms with van der Waals surface area (Å²) in [5.41, 5.74) is 0.793. The number of rotatable bonds is 3. The third-order valence-corrected chi connectivity index (χ3v) is 3.35. The zero-order chi connectivity index (χ0) is 16.9. The van der Waals surface area contributed by atoms with Gasteiger partial charge in [0.15, 0.2) is 0 Å². The number of carbonyl (C=O) groups is 3. The number of imide groups is 1. The fourth-order valence-electron chi connectivity index (χ4n) is 2.39. The normalized spacial score (nSPS) is 22.4. The smallest absolute Gasteiger partial charge is 0.255 e. The van der Waals surface area contributed by atoms with Crippen LogP contribution in [-0.2, 0) is 14.4 Å². The molecule has 3 amide bonds. The van der Waals surface area contributed by atoms with Crippen LogP contribution in [0.5, 0.6) is 0 Å². The highest BCUT2D eigenvalue weighted by atomic mass is 19.1. The molecule has 1 atom stereocenters. The number of nitrogens with zero attached hydrogens (tertiary/aromatic N) is 1. The molecule has 1 unspecified atom stereocenters. The van der Waals surface area contributed by atoms with Gasteiger partial charge in [-0.1, -0.05) is 26.5 Å². The van der Waals surface area contributed by atoms with E-state index in [4.69, 9.17) is 0 Å². The quantitative estimate of drug-likeness (QED) is 0.811. The molecule has 1 N–H and O–H groups in total. The Bertz CT molecular complexity index is 560. The van der Waals surface area contributed by atoms with Crippen molar-refractivity contribution < 1.29 is 18.8 Å². The molecule has 0 bridgehead atoms. The Kier molecular flexibility index (Phi) is 6.22. The van der Waals surface area contributed by atoms with Gasteiger partial charge >= 0.3 is 0 Å². The van der Waals surface area contributed by atoms with Crippen LogP contribution in [0.1, 0.15) is 33.6 Å². The third kappa shape index (κ3) is 3.69. The fraction of sp³-hybridized carbons (Fsp3) is 0.438. The standard InChI is InChI=1S/C14H15FN2O3.C2H6/c1-3-9-7-17(14(20)10(9)6-8(2)15)11-4-5-12(18)16-13(11)19;1-2/h3,6,11H,1,4-5,7H2,2H3,(H,16,18,19);1-2H3/b8-6+;. The second kappa shape index (κ2) is 7.68. The molecule has 1 saturated heterocycles. The summed E-state index contributed by atoms with van der Waals surface area (Å²) >= 11 is 0. The van der Waals surface area contributed by atoms with E-state index in [1.54, 1.807) is 0 Å². The Morgan fingerprint density at radius 2 is 2.00 bits per heavy atom. The molecule has 120 valence electrons. The molecule has 2 aliphatic heterocycles. The van der Waals surface area contributed by atoms with Gasteiger partial charge in [-0.05, 0) is 25.0 Å². The molecule has 2 rings (SSSR count). The van der Waals surface area contributed by atoms with Gasteiger partial charge in [0.25, 0.3) is 5.91 Å². The Labute approximate surface area is 129 Å². The maximum Gasteiger partial charge on any atom is 0.255 e. The van der Waals surface area contributed by atoms with Crippen molar-refractivity contribution in [1.82, 2.24) is 10.2 Å². The topological polar surface area (TPSA) is 66.5 Å². The Morgan fingerprint density at radius 3 is 2.50 bits per heavy atom. The number of allylic oxidation sites excluding steroid dienone is 1. The molecule has 0 radical (unpaired) electrons. The highest BCUT2D eigenvalue weighted by Gasteiger charge is 2.39. The van der Waals surface area contributed by atoms with Gasteiger partial charge in [-0.2, -0.15) is 0 Å². The van der Waals surface area contributed by atoms with E-state index < -0.39 is 23.7 Å². The molecule has 6 heteroatoms. The summed E-state index contributed by atoms with van der Waals surface area (Å²) in [5.74, 6) is -1.72. The lowest BCUT2D eigenvalue weighted by molar-refractivity contribution is -0.142. The number of carbonyl (C=O) groups excluding carboxylic acids is 3. The van der Waals surface area contributed by atoms with Gasteiger partial charge in [0.05, 0.1) is 5.83 Å². The van der Waals surface area contributed by atoms with Crippen molar-refractivity contribution in [3.8, 4) is 0 Å². The SMILES string of the molecule is C=CC1=C(/C=C(\C)F)C(=O)N(C2CCC(=O)NC2=O)C1.CC. The lowest BCUT2D eigenvalue weighted by atomic mass is 10.0. The van der Waals surface area contributed by atoms with E-state index in [0.29, 0.717) is 5.57 Å². The maximum absolute atomic E-state index is 13.0. The first-order valence-electron chi connectivity index (χ1n) is 7.28. The first-order valence-corrected chi connectivity index (χ1v) is 7.28. The van der Waals surface area contributed by atoms with Crippen molar-refractivity contribution in [2.24, 2.45) is 0 Å². The zero-order valence-electron chi connectivity index (χ0n) is 13.1. The summed E-state index contributed by atoms with van der Waals surface area (Å²) in [5, 5.41) is 2.21. The van der Waals surface area contributed by atoms with Gasteiger partial charge in [-0.25, -0.2) is 4.39 Å². The van der Waals surface area contributed by atoms with E-state index >= 15 is 0 Å². The molecular formula is C16H21FN2O3. The van der Waals surface area contributed by atoms with E-state index in [1.807, 2.05) is 13.8 Å². The second-order valence-corrected chi connectivity index (χ2v) is 4.77. The van der Waals surface area contributed by atoms with E-state index in [0.717, 1.165) is 6.08 Å². The highest BCUT2D eigenvalue weighted by Crippen LogP contribution is 2.26. The summed E-state index contributed by atoms with van der Waals surface area (Å²) in [4.78, 5) is 36.6. The first-order chi connectivity index (χ1) is 10.4. The van der Waals surface area contributed by atoms with Crippen LogP contribution >= 0.6 is 0 Å². The number of amides is 3. The predicted octanol–water partition coefficient (Wildman–Crippen LogP) is 2.02. The molecule has 0 aliphatic carbocycles. The number of hydrogen-bond acceptors (Lipinski definition) is 3. The summed E-state index contributed by atoms with van der Waals surface area (Å²) in [6.45, 7) is 9.05. The lowest BCUT2D eigenvalue weighted by Gasteiger charge is -2.29. The summed E-state index contributed by atoms with van der Waals surface area (Å²) < 4.78 is 13.0. The number of halogens is 1. The van der Waals surface area contributed by atoms with E-state index in [-0.39, 0.29) is 30.9 Å². The van der Waals surface area contributed by atoms with Crippen molar-refractivity contribution in [3.63, 3.8) is 0 Å². The Hall–Kier alpha value is -2.24. The maximum atomic E-state index is 13.0. The van der Waals surface area contributed by atoms with Crippen LogP contribution in [0, 0.1) is 0 Å². The second-order valence-electron chi connectivity index (χ2n) is 4.77. The van der Waals surface area contributed by atoms with Crippen LogP contribution in [0.2, 0.25) is 0 Å². The zero-order valence-corrected chi connectivity index (χ0v) is 13.1. The average Bonchev–Trinajstić information content (AvgIpc) is 2.78. The van der Waals surface area contributed by atoms with Crippen LogP contribution < -0.4 is 5.32 Å². The third-order valence-electron chi connectivity index (χ3n) is 3.35. The molecule has 0 aromatic rings. The molecule has 22 heavy (non-hydrogen) atoms. The van der Waals surface area contributed by atoms with E-state index in [2.05, 4.69) is 11.9 Å². The predicted molar refractivity (Wildman–Crippen MR) is 81.3 cm³/mol. The van der Waals surface area contributed by atoms with E-state index in [1.165, 1.54) is 17.9 Å². The average molecular weight is 308 g/mol. The summed E-state index contributed by atoms with van der Waals surface area (Å²) in [7, 11) is 0. The fourth-order valence-corrected chi connectivity index (χ4v) is 2.39. The van der Waals surface area contributed by atoms with Crippen molar-refractivity contribution in [3.05, 3.63) is 35.7 Å². The van der Waals surface area contributed by atoms with Gasteiger partial charge in [0.1, 0.15) is 6.04 Å². The highest BCUT2D eigenvalue weighted by molar-refractivity contribution is 6.06. The van der Waals surface area contributed by atoms with Gasteiger partial charge in [-0.15, -0.1) is 0 Å². The first kappa shape index (κ1) is 17.8. The van der Waals surface area contributed by atoms with Crippen molar-refractivity contribution >= 4 is 17.7 Å². The number of hydrogen-bond donors (Lipinski definition) is 1. The summed E-state index contributed by atoms with van der Waals surface area (Å²) in [6, 6.07) is -0.694. The number of piperidine rings is 1. The molecule has 0 spiro atoms. The summed E-state index contributed by atoms with van der Waals surface area (Å²) in [6.07, 6.45) is 3.10. The minimum Gasteiger partial charge on any atom is -0.322 e. The Balaban J connectivity index is 0.00000116. The largest absolute Gasteiger partial charge is 0.322 e. The van der Waals surface area contributed by atoms with Crippen LogP contribution in [0.15, 0.2) is 35.7 Å². The van der Waals surface area contributed by atoms with Crippen LogP contribution in [-0.4, -0.2) is 35.2 Å². The van der Waals surface area contributed by atoms with Gasteiger partial charge in [0.2, 0.25) is 11.8 Å². The molecule has 0 aromatic heterocycles. The van der Waals surface area contributed by atoms with Crippen LogP contribution in [0.4, 0.5) is 4.39 Å². The molecule has 5 nitrogen and oxygen atoms in total.